The smallest absolute Gasteiger partial charge is 0.191 e. The Morgan fingerprint density at radius 3 is 2.47 bits per heavy atom. The minimum absolute atomic E-state index is 0. The summed E-state index contributed by atoms with van der Waals surface area (Å²) in [6.45, 7) is 8.32. The molecular formula is C24H33IN4O. The zero-order valence-electron chi connectivity index (χ0n) is 17.7. The number of benzene rings is 2. The van der Waals surface area contributed by atoms with Crippen molar-refractivity contribution >= 4 is 29.9 Å². The lowest BCUT2D eigenvalue weighted by Gasteiger charge is -2.27. The summed E-state index contributed by atoms with van der Waals surface area (Å²) in [5.74, 6) is 1.51. The van der Waals surface area contributed by atoms with Crippen molar-refractivity contribution in [2.75, 3.05) is 32.8 Å². The van der Waals surface area contributed by atoms with Gasteiger partial charge in [0.05, 0.1) is 19.8 Å². The van der Waals surface area contributed by atoms with Gasteiger partial charge in [0.2, 0.25) is 0 Å². The summed E-state index contributed by atoms with van der Waals surface area (Å²) in [5, 5.41) is 7.03. The van der Waals surface area contributed by atoms with Gasteiger partial charge in [-0.1, -0.05) is 54.6 Å². The van der Waals surface area contributed by atoms with Gasteiger partial charge in [0.25, 0.3) is 0 Å². The molecule has 30 heavy (non-hydrogen) atoms. The van der Waals surface area contributed by atoms with E-state index in [1.807, 2.05) is 0 Å². The van der Waals surface area contributed by atoms with Crippen molar-refractivity contribution in [1.82, 2.24) is 15.5 Å². The third-order valence-corrected chi connectivity index (χ3v) is 5.71. The lowest BCUT2D eigenvalue weighted by Crippen LogP contribution is -2.39. The average Bonchev–Trinajstić information content (AvgIpc) is 3.54. The highest BCUT2D eigenvalue weighted by molar-refractivity contribution is 14.0. The van der Waals surface area contributed by atoms with Crippen molar-refractivity contribution in [1.29, 1.82) is 0 Å². The maximum absolute atomic E-state index is 5.48. The van der Waals surface area contributed by atoms with Crippen LogP contribution < -0.4 is 10.6 Å². The third kappa shape index (κ3) is 6.43. The second kappa shape index (κ2) is 11.7. The van der Waals surface area contributed by atoms with Crippen molar-refractivity contribution < 1.29 is 4.74 Å². The van der Waals surface area contributed by atoms with Crippen LogP contribution in [0.5, 0.6) is 0 Å². The number of morpholine rings is 1. The fourth-order valence-electron chi connectivity index (χ4n) is 3.95. The number of aliphatic imine (C=N–C) groups is 1. The summed E-state index contributed by atoms with van der Waals surface area (Å²) in [6, 6.07) is 19.9. The van der Waals surface area contributed by atoms with E-state index >= 15 is 0 Å². The predicted molar refractivity (Wildman–Crippen MR) is 133 cm³/mol. The molecule has 1 saturated carbocycles. The molecule has 2 aliphatic rings. The summed E-state index contributed by atoms with van der Waals surface area (Å²) < 4.78 is 5.48. The molecule has 4 rings (SSSR count). The van der Waals surface area contributed by atoms with Gasteiger partial charge in [-0.3, -0.25) is 4.90 Å². The Balaban J connectivity index is 0.00000256. The van der Waals surface area contributed by atoms with E-state index in [4.69, 9.17) is 9.73 Å². The van der Waals surface area contributed by atoms with Crippen LogP contribution in [0.3, 0.4) is 0 Å². The molecule has 2 N–H and O–H groups in total. The van der Waals surface area contributed by atoms with E-state index in [0.29, 0.717) is 18.5 Å². The molecule has 0 spiro atoms. The molecule has 0 radical (unpaired) electrons. The number of guanidine groups is 1. The Kier molecular flexibility index (Phi) is 8.96. The van der Waals surface area contributed by atoms with Gasteiger partial charge in [-0.15, -0.1) is 24.0 Å². The Hall–Kier alpha value is -1.64. The summed E-state index contributed by atoms with van der Waals surface area (Å²) in [6.07, 6.45) is 1.17. The Bertz CT molecular complexity index is 808. The number of hydrogen-bond donors (Lipinski definition) is 2. The van der Waals surface area contributed by atoms with E-state index in [-0.39, 0.29) is 24.0 Å². The Labute approximate surface area is 197 Å². The first-order chi connectivity index (χ1) is 14.3. The first-order valence-corrected chi connectivity index (χ1v) is 10.8. The summed E-state index contributed by atoms with van der Waals surface area (Å²) in [5.41, 5.74) is 4.07. The maximum Gasteiger partial charge on any atom is 0.191 e. The van der Waals surface area contributed by atoms with Gasteiger partial charge in [-0.2, -0.15) is 0 Å². The fourth-order valence-corrected chi connectivity index (χ4v) is 3.95. The van der Waals surface area contributed by atoms with Crippen molar-refractivity contribution in [2.45, 2.75) is 38.4 Å². The molecule has 0 aromatic heterocycles. The van der Waals surface area contributed by atoms with Gasteiger partial charge in [0.1, 0.15) is 0 Å². The van der Waals surface area contributed by atoms with Crippen LogP contribution in [0.15, 0.2) is 59.6 Å². The highest BCUT2D eigenvalue weighted by Crippen LogP contribution is 2.40. The molecule has 1 aliphatic carbocycles. The highest BCUT2D eigenvalue weighted by Gasteiger charge is 2.38. The number of ether oxygens (including phenoxy) is 1. The van der Waals surface area contributed by atoms with Crippen LogP contribution in [0, 0.1) is 0 Å². The van der Waals surface area contributed by atoms with Crippen molar-refractivity contribution in [3.63, 3.8) is 0 Å². The predicted octanol–water partition coefficient (Wildman–Crippen LogP) is 3.75. The first kappa shape index (κ1) is 23.0. The zero-order chi connectivity index (χ0) is 19.9. The van der Waals surface area contributed by atoms with E-state index in [1.165, 1.54) is 23.1 Å². The van der Waals surface area contributed by atoms with E-state index in [2.05, 4.69) is 77.1 Å². The Morgan fingerprint density at radius 2 is 1.73 bits per heavy atom. The average molecular weight is 520 g/mol. The van der Waals surface area contributed by atoms with Crippen LogP contribution in [-0.2, 0) is 17.8 Å². The van der Waals surface area contributed by atoms with Gasteiger partial charge in [0.15, 0.2) is 5.96 Å². The number of halogens is 1. The van der Waals surface area contributed by atoms with Gasteiger partial charge < -0.3 is 15.4 Å². The summed E-state index contributed by atoms with van der Waals surface area (Å²) in [7, 11) is 0. The Morgan fingerprint density at radius 1 is 1.03 bits per heavy atom. The van der Waals surface area contributed by atoms with Crippen LogP contribution in [0.1, 0.15) is 36.0 Å². The monoisotopic (exact) mass is 520 g/mol. The van der Waals surface area contributed by atoms with Crippen molar-refractivity contribution in [3.05, 3.63) is 71.3 Å². The van der Waals surface area contributed by atoms with Crippen LogP contribution in [0.4, 0.5) is 0 Å². The first-order valence-electron chi connectivity index (χ1n) is 10.8. The van der Waals surface area contributed by atoms with Gasteiger partial charge >= 0.3 is 0 Å². The highest BCUT2D eigenvalue weighted by atomic mass is 127. The van der Waals surface area contributed by atoms with E-state index in [9.17, 15) is 0 Å². The lowest BCUT2D eigenvalue weighted by molar-refractivity contribution is 0.0341. The number of rotatable bonds is 7. The molecule has 0 amide bonds. The second-order valence-electron chi connectivity index (χ2n) is 7.86. The van der Waals surface area contributed by atoms with Crippen molar-refractivity contribution in [3.8, 4) is 0 Å². The molecule has 162 valence electrons. The van der Waals surface area contributed by atoms with Crippen LogP contribution in [-0.4, -0.2) is 49.7 Å². The lowest BCUT2D eigenvalue weighted by atomic mass is 10.1. The molecule has 0 bridgehead atoms. The molecule has 6 heteroatoms. The quantitative estimate of drug-likeness (QED) is 0.332. The van der Waals surface area contributed by atoms with Crippen LogP contribution in [0.2, 0.25) is 0 Å². The molecular weight excluding hydrogens is 487 g/mol. The molecule has 1 saturated heterocycles. The molecule has 5 nitrogen and oxygen atoms in total. The number of nitrogens with one attached hydrogen (secondary N) is 2. The minimum Gasteiger partial charge on any atom is -0.379 e. The maximum atomic E-state index is 5.48. The second-order valence-corrected chi connectivity index (χ2v) is 7.86. The summed E-state index contributed by atoms with van der Waals surface area (Å²) in [4.78, 5) is 7.36. The standard InChI is InChI=1S/C24H32N4O.HI/c1-2-25-24(27-23-16-22(23)19-8-4-3-5-9-19)26-17-20-10-6-7-11-21(20)18-28-12-14-29-15-13-28;/h3-11,22-23H,2,12-18H2,1H3,(H2,25,26,27);1H. The molecule has 2 atom stereocenters. The normalized spacial score (nSPS) is 21.6. The molecule has 2 unspecified atom stereocenters. The van der Waals surface area contributed by atoms with Crippen LogP contribution >= 0.6 is 24.0 Å². The molecule has 2 aromatic carbocycles. The minimum atomic E-state index is 0. The molecule has 1 heterocycles. The SMILES string of the molecule is CCNC(=NCc1ccccc1CN1CCOCC1)NC1CC1c1ccccc1.I. The number of nitrogens with zero attached hydrogens (tertiary/aromatic N) is 2. The summed E-state index contributed by atoms with van der Waals surface area (Å²) >= 11 is 0. The largest absolute Gasteiger partial charge is 0.379 e. The van der Waals surface area contributed by atoms with Gasteiger partial charge in [0, 0.05) is 38.1 Å². The van der Waals surface area contributed by atoms with Crippen molar-refractivity contribution in [2.24, 2.45) is 4.99 Å². The molecule has 2 aromatic rings. The third-order valence-electron chi connectivity index (χ3n) is 5.71. The van der Waals surface area contributed by atoms with Crippen LogP contribution in [0.25, 0.3) is 0 Å². The molecule has 1 aliphatic heterocycles. The topological polar surface area (TPSA) is 48.9 Å². The van der Waals surface area contributed by atoms with E-state index in [1.54, 1.807) is 0 Å². The number of hydrogen-bond acceptors (Lipinski definition) is 3. The van der Waals surface area contributed by atoms with Gasteiger partial charge in [-0.05, 0) is 30.0 Å². The molecule has 2 fully saturated rings. The van der Waals surface area contributed by atoms with Gasteiger partial charge in [-0.25, -0.2) is 4.99 Å². The van der Waals surface area contributed by atoms with E-state index in [0.717, 1.165) is 45.4 Å². The fraction of sp³-hybridized carbons (Fsp3) is 0.458. The van der Waals surface area contributed by atoms with E-state index < -0.39 is 0 Å². The zero-order valence-corrected chi connectivity index (χ0v) is 20.0.